The summed E-state index contributed by atoms with van der Waals surface area (Å²) in [6.45, 7) is 1.51. The Bertz CT molecular complexity index is 646. The Kier molecular flexibility index (Phi) is 3.52. The van der Waals surface area contributed by atoms with Gasteiger partial charge in [-0.3, -0.25) is 4.79 Å². The lowest BCUT2D eigenvalue weighted by molar-refractivity contribution is -0.137. The molecule has 3 nitrogen and oxygen atoms in total. The number of hydrogen-bond donors (Lipinski definition) is 1. The molecule has 0 saturated heterocycles. The molecular formula is C13H9F4NO2. The summed E-state index contributed by atoms with van der Waals surface area (Å²) in [7, 11) is 0. The first-order chi connectivity index (χ1) is 9.29. The first kappa shape index (κ1) is 14.1. The van der Waals surface area contributed by atoms with Gasteiger partial charge in [0.25, 0.3) is 5.91 Å². The molecule has 1 heterocycles. The normalized spacial score (nSPS) is 11.4. The third kappa shape index (κ3) is 2.81. The van der Waals surface area contributed by atoms with Crippen LogP contribution in [0.4, 0.5) is 23.2 Å². The van der Waals surface area contributed by atoms with Gasteiger partial charge in [0.1, 0.15) is 11.6 Å². The number of amides is 1. The van der Waals surface area contributed by atoms with Crippen molar-refractivity contribution in [3.8, 4) is 0 Å². The molecule has 0 saturated carbocycles. The van der Waals surface area contributed by atoms with E-state index in [-0.39, 0.29) is 11.3 Å². The minimum absolute atomic E-state index is 0.127. The van der Waals surface area contributed by atoms with Crippen LogP contribution in [0.2, 0.25) is 0 Å². The van der Waals surface area contributed by atoms with Crippen molar-refractivity contribution in [1.82, 2.24) is 0 Å². The van der Waals surface area contributed by atoms with E-state index in [0.717, 1.165) is 0 Å². The number of furan rings is 1. The predicted octanol–water partition coefficient (Wildman–Crippen LogP) is 4.00. The fraction of sp³-hybridized carbons (Fsp3) is 0.154. The lowest BCUT2D eigenvalue weighted by Gasteiger charge is -2.10. The van der Waals surface area contributed by atoms with Crippen LogP contribution in [-0.4, -0.2) is 5.91 Å². The molecule has 0 spiro atoms. The molecule has 1 aromatic carbocycles. The highest BCUT2D eigenvalue weighted by Gasteiger charge is 2.31. The predicted molar refractivity (Wildman–Crippen MR) is 62.8 cm³/mol. The van der Waals surface area contributed by atoms with Crippen molar-refractivity contribution in [1.29, 1.82) is 0 Å². The highest BCUT2D eigenvalue weighted by atomic mass is 19.4. The van der Waals surface area contributed by atoms with Crippen molar-refractivity contribution in [2.75, 3.05) is 5.32 Å². The van der Waals surface area contributed by atoms with Crippen molar-refractivity contribution in [2.24, 2.45) is 0 Å². The molecule has 0 unspecified atom stereocenters. The molecule has 0 atom stereocenters. The van der Waals surface area contributed by atoms with Crippen molar-refractivity contribution >= 4 is 11.6 Å². The van der Waals surface area contributed by atoms with E-state index in [4.69, 9.17) is 4.42 Å². The van der Waals surface area contributed by atoms with Crippen LogP contribution in [0.3, 0.4) is 0 Å². The number of anilines is 1. The third-order valence-electron chi connectivity index (χ3n) is 2.65. The molecule has 0 aliphatic rings. The van der Waals surface area contributed by atoms with Crippen molar-refractivity contribution in [2.45, 2.75) is 13.1 Å². The number of nitrogens with one attached hydrogen (secondary N) is 1. The summed E-state index contributed by atoms with van der Waals surface area (Å²) in [6, 6.07) is 3.15. The average Bonchev–Trinajstić information content (AvgIpc) is 2.77. The third-order valence-corrected chi connectivity index (χ3v) is 2.65. The standard InChI is InChI=1S/C13H9F4NO2/c1-7-9(4-5-20-7)12(19)18-11-6-8(13(15,16)17)2-3-10(11)14/h2-6H,1H3,(H,18,19). The van der Waals surface area contributed by atoms with E-state index in [1.165, 1.54) is 19.3 Å². The van der Waals surface area contributed by atoms with E-state index in [0.29, 0.717) is 18.2 Å². The van der Waals surface area contributed by atoms with Gasteiger partial charge in [-0.1, -0.05) is 0 Å². The second-order valence-electron chi connectivity index (χ2n) is 4.04. The minimum atomic E-state index is -4.61. The molecule has 0 fully saturated rings. The Morgan fingerprint density at radius 1 is 1.25 bits per heavy atom. The zero-order valence-electron chi connectivity index (χ0n) is 10.2. The van der Waals surface area contributed by atoms with E-state index in [2.05, 4.69) is 5.32 Å². The fourth-order valence-electron chi connectivity index (χ4n) is 1.61. The van der Waals surface area contributed by atoms with E-state index in [1.54, 1.807) is 0 Å². The molecule has 106 valence electrons. The van der Waals surface area contributed by atoms with Crippen LogP contribution in [-0.2, 0) is 6.18 Å². The molecule has 1 amide bonds. The number of rotatable bonds is 2. The van der Waals surface area contributed by atoms with E-state index in [1.807, 2.05) is 0 Å². The zero-order valence-corrected chi connectivity index (χ0v) is 10.2. The van der Waals surface area contributed by atoms with E-state index >= 15 is 0 Å². The van der Waals surface area contributed by atoms with Gasteiger partial charge < -0.3 is 9.73 Å². The van der Waals surface area contributed by atoms with Crippen LogP contribution in [0.5, 0.6) is 0 Å². The first-order valence-electron chi connectivity index (χ1n) is 5.51. The molecule has 0 aliphatic carbocycles. The maximum absolute atomic E-state index is 13.5. The summed E-state index contributed by atoms with van der Waals surface area (Å²) < 4.78 is 55.9. The number of aryl methyl sites for hydroxylation is 1. The largest absolute Gasteiger partial charge is 0.469 e. The summed E-state index contributed by atoms with van der Waals surface area (Å²) in [4.78, 5) is 11.8. The van der Waals surface area contributed by atoms with Gasteiger partial charge in [0.15, 0.2) is 0 Å². The van der Waals surface area contributed by atoms with Crippen molar-refractivity contribution in [3.05, 3.63) is 53.2 Å². The molecule has 0 aliphatic heterocycles. The highest BCUT2D eigenvalue weighted by molar-refractivity contribution is 6.05. The number of halogens is 4. The van der Waals surface area contributed by atoms with E-state index in [9.17, 15) is 22.4 Å². The number of hydrogen-bond acceptors (Lipinski definition) is 2. The summed E-state index contributed by atoms with van der Waals surface area (Å²) >= 11 is 0. The Morgan fingerprint density at radius 2 is 1.95 bits per heavy atom. The van der Waals surface area contributed by atoms with Gasteiger partial charge in [0, 0.05) is 0 Å². The second-order valence-corrected chi connectivity index (χ2v) is 4.04. The van der Waals surface area contributed by atoms with Crippen molar-refractivity contribution < 1.29 is 26.8 Å². The lowest BCUT2D eigenvalue weighted by atomic mass is 10.1. The molecule has 0 radical (unpaired) electrons. The molecule has 20 heavy (non-hydrogen) atoms. The maximum Gasteiger partial charge on any atom is 0.416 e. The van der Waals surface area contributed by atoms with Gasteiger partial charge in [0.05, 0.1) is 23.1 Å². The second kappa shape index (κ2) is 4.99. The number of benzene rings is 1. The monoisotopic (exact) mass is 287 g/mol. The highest BCUT2D eigenvalue weighted by Crippen LogP contribution is 2.32. The summed E-state index contributed by atoms with van der Waals surface area (Å²) in [5, 5.41) is 2.09. The van der Waals surface area contributed by atoms with Crippen LogP contribution in [0.15, 0.2) is 34.9 Å². The topological polar surface area (TPSA) is 42.2 Å². The SMILES string of the molecule is Cc1occc1C(=O)Nc1cc(C(F)(F)F)ccc1F. The maximum atomic E-state index is 13.5. The van der Waals surface area contributed by atoms with Gasteiger partial charge in [-0.15, -0.1) is 0 Å². The van der Waals surface area contributed by atoms with Gasteiger partial charge in [-0.2, -0.15) is 13.2 Å². The Morgan fingerprint density at radius 3 is 2.50 bits per heavy atom. The molecule has 1 aromatic heterocycles. The molecule has 7 heteroatoms. The molecule has 0 bridgehead atoms. The van der Waals surface area contributed by atoms with Crippen LogP contribution < -0.4 is 5.32 Å². The quantitative estimate of drug-likeness (QED) is 0.848. The Labute approximate surface area is 111 Å². The minimum Gasteiger partial charge on any atom is -0.469 e. The first-order valence-corrected chi connectivity index (χ1v) is 5.51. The number of carbonyl (C=O) groups is 1. The van der Waals surface area contributed by atoms with Crippen LogP contribution in [0.25, 0.3) is 0 Å². The molecule has 2 aromatic rings. The summed E-state index contributed by atoms with van der Waals surface area (Å²) in [6.07, 6.45) is -3.36. The Balaban J connectivity index is 2.30. The van der Waals surface area contributed by atoms with Gasteiger partial charge in [-0.25, -0.2) is 4.39 Å². The smallest absolute Gasteiger partial charge is 0.416 e. The van der Waals surface area contributed by atoms with Gasteiger partial charge in [0.2, 0.25) is 0 Å². The van der Waals surface area contributed by atoms with Crippen molar-refractivity contribution in [3.63, 3.8) is 0 Å². The van der Waals surface area contributed by atoms with Gasteiger partial charge in [-0.05, 0) is 31.2 Å². The molecule has 1 N–H and O–H groups in total. The van der Waals surface area contributed by atoms with Crippen LogP contribution >= 0.6 is 0 Å². The van der Waals surface area contributed by atoms with Crippen LogP contribution in [0, 0.1) is 12.7 Å². The summed E-state index contributed by atoms with van der Waals surface area (Å²) in [5.41, 5.74) is -1.45. The molecule has 2 rings (SSSR count). The summed E-state index contributed by atoms with van der Waals surface area (Å²) in [5.74, 6) is -1.41. The number of carbonyl (C=O) groups excluding carboxylic acids is 1. The van der Waals surface area contributed by atoms with Crippen LogP contribution in [0.1, 0.15) is 21.7 Å². The van der Waals surface area contributed by atoms with E-state index < -0.39 is 29.2 Å². The fourth-order valence-corrected chi connectivity index (χ4v) is 1.61. The zero-order chi connectivity index (χ0) is 14.9. The Hall–Kier alpha value is -2.31. The van der Waals surface area contributed by atoms with Gasteiger partial charge >= 0.3 is 6.18 Å². The lowest BCUT2D eigenvalue weighted by Crippen LogP contribution is -2.14. The number of alkyl halides is 3. The molecular weight excluding hydrogens is 278 g/mol. The average molecular weight is 287 g/mol.